The van der Waals surface area contributed by atoms with Crippen molar-refractivity contribution < 1.29 is 19.0 Å². The molecule has 2 aliphatic rings. The third-order valence-corrected chi connectivity index (χ3v) is 1.33. The first-order chi connectivity index (χ1) is 5.39. The zero-order chi connectivity index (χ0) is 7.94. The Bertz CT molecular complexity index is 104. The molecule has 0 saturated carbocycles. The van der Waals surface area contributed by atoms with Crippen LogP contribution in [0.2, 0.25) is 0 Å². The number of cyclic esters (lactones) is 1. The fourth-order valence-corrected chi connectivity index (χ4v) is 0.769. The molecule has 2 aliphatic heterocycles. The molecule has 2 heterocycles. The lowest BCUT2D eigenvalue weighted by Gasteiger charge is -1.81. The molecule has 0 atom stereocenters. The Kier molecular flexibility index (Phi) is 3.93. The number of esters is 1. The van der Waals surface area contributed by atoms with Gasteiger partial charge in [-0.1, -0.05) is 0 Å². The van der Waals surface area contributed by atoms with E-state index in [1.807, 2.05) is 0 Å². The molecule has 2 fully saturated rings. The highest BCUT2D eigenvalue weighted by Gasteiger charge is 2.08. The van der Waals surface area contributed by atoms with Crippen molar-refractivity contribution in [3.8, 4) is 0 Å². The summed E-state index contributed by atoms with van der Waals surface area (Å²) < 4.78 is 14.0. The van der Waals surface area contributed by atoms with Gasteiger partial charge in [-0.15, -0.1) is 0 Å². The van der Waals surface area contributed by atoms with E-state index in [2.05, 4.69) is 4.74 Å². The average Bonchev–Trinajstić information content (AvgIpc) is 2.57. The predicted molar refractivity (Wildman–Crippen MR) is 37.0 cm³/mol. The van der Waals surface area contributed by atoms with Crippen LogP contribution < -0.4 is 0 Å². The number of hydrogen-bond acceptors (Lipinski definition) is 4. The molecule has 0 aromatic carbocycles. The molecule has 11 heavy (non-hydrogen) atoms. The van der Waals surface area contributed by atoms with E-state index in [1.165, 1.54) is 0 Å². The topological polar surface area (TPSA) is 44.8 Å². The van der Waals surface area contributed by atoms with Crippen molar-refractivity contribution in [3.05, 3.63) is 0 Å². The molecule has 0 aliphatic carbocycles. The highest BCUT2D eigenvalue weighted by Crippen LogP contribution is 2.01. The van der Waals surface area contributed by atoms with E-state index in [1.54, 1.807) is 0 Å². The maximum atomic E-state index is 10.0. The van der Waals surface area contributed by atoms with Gasteiger partial charge in [0.1, 0.15) is 6.79 Å². The number of carbonyl (C=O) groups excluding carboxylic acids is 1. The summed E-state index contributed by atoms with van der Waals surface area (Å²) in [6, 6.07) is 0. The summed E-state index contributed by atoms with van der Waals surface area (Å²) >= 11 is 0. The first-order valence-electron chi connectivity index (χ1n) is 3.71. The molecule has 64 valence electrons. The number of hydrogen-bond donors (Lipinski definition) is 0. The number of carbonyl (C=O) groups is 1. The molecule has 0 bridgehead atoms. The van der Waals surface area contributed by atoms with Crippen LogP contribution >= 0.6 is 0 Å². The lowest BCUT2D eigenvalue weighted by atomic mass is 10.4. The summed E-state index contributed by atoms with van der Waals surface area (Å²) in [6.07, 6.45) is 1.54. The highest BCUT2D eigenvalue weighted by atomic mass is 16.7. The molecule has 2 saturated heterocycles. The van der Waals surface area contributed by atoms with Crippen molar-refractivity contribution in [1.29, 1.82) is 0 Å². The molecule has 0 aromatic heterocycles. The van der Waals surface area contributed by atoms with Gasteiger partial charge < -0.3 is 14.2 Å². The molecule has 0 spiro atoms. The molecule has 4 nitrogen and oxygen atoms in total. The fraction of sp³-hybridized carbons (Fsp3) is 0.857. The van der Waals surface area contributed by atoms with E-state index in [0.717, 1.165) is 19.6 Å². The first kappa shape index (κ1) is 8.49. The van der Waals surface area contributed by atoms with Gasteiger partial charge in [-0.2, -0.15) is 0 Å². The van der Waals surface area contributed by atoms with E-state index in [-0.39, 0.29) is 5.97 Å². The lowest BCUT2D eigenvalue weighted by Crippen LogP contribution is -1.88. The van der Waals surface area contributed by atoms with Crippen molar-refractivity contribution in [3.63, 3.8) is 0 Å². The quantitative estimate of drug-likeness (QED) is 0.478. The second kappa shape index (κ2) is 5.09. The first-order valence-corrected chi connectivity index (χ1v) is 3.71. The van der Waals surface area contributed by atoms with E-state index in [9.17, 15) is 4.79 Å². The minimum Gasteiger partial charge on any atom is -0.466 e. The van der Waals surface area contributed by atoms with Crippen LogP contribution in [0.3, 0.4) is 0 Å². The van der Waals surface area contributed by atoms with Crippen molar-refractivity contribution >= 4 is 5.97 Å². The van der Waals surface area contributed by atoms with Crippen LogP contribution in [0.5, 0.6) is 0 Å². The van der Waals surface area contributed by atoms with Crippen LogP contribution in [0.25, 0.3) is 0 Å². The summed E-state index contributed by atoms with van der Waals surface area (Å²) in [5.74, 6) is -0.0463. The summed E-state index contributed by atoms with van der Waals surface area (Å²) in [5, 5.41) is 0. The maximum absolute atomic E-state index is 10.0. The third kappa shape index (κ3) is 3.95. The standard InChI is InChI=1S/C4H6O2.C3H6O2/c5-4-2-1-3-6-4;1-2-5-3-4-1/h1-3H2;1-3H2. The zero-order valence-electron chi connectivity index (χ0n) is 6.38. The molecular formula is C7H12O4. The van der Waals surface area contributed by atoms with E-state index in [4.69, 9.17) is 9.47 Å². The van der Waals surface area contributed by atoms with Crippen LogP contribution in [-0.4, -0.2) is 32.6 Å². The van der Waals surface area contributed by atoms with Gasteiger partial charge in [0.15, 0.2) is 0 Å². The van der Waals surface area contributed by atoms with Crippen molar-refractivity contribution in [2.24, 2.45) is 0 Å². The molecular weight excluding hydrogens is 148 g/mol. The molecule has 4 heteroatoms. The monoisotopic (exact) mass is 160 g/mol. The summed E-state index contributed by atoms with van der Waals surface area (Å²) in [5.41, 5.74) is 0. The van der Waals surface area contributed by atoms with Gasteiger partial charge in [0, 0.05) is 6.42 Å². The zero-order valence-corrected chi connectivity index (χ0v) is 6.38. The van der Waals surface area contributed by atoms with Crippen LogP contribution in [-0.2, 0) is 19.0 Å². The van der Waals surface area contributed by atoms with Crippen LogP contribution in [0, 0.1) is 0 Å². The largest absolute Gasteiger partial charge is 0.466 e. The summed E-state index contributed by atoms with van der Waals surface area (Å²) in [7, 11) is 0. The Balaban J connectivity index is 0.000000112. The van der Waals surface area contributed by atoms with Gasteiger partial charge in [0.2, 0.25) is 0 Å². The third-order valence-electron chi connectivity index (χ3n) is 1.33. The Morgan fingerprint density at radius 1 is 1.09 bits per heavy atom. The lowest BCUT2D eigenvalue weighted by molar-refractivity contribution is -0.137. The number of rotatable bonds is 0. The Labute approximate surface area is 65.4 Å². The Morgan fingerprint density at radius 3 is 2.00 bits per heavy atom. The normalized spacial score (nSPS) is 22.4. The van der Waals surface area contributed by atoms with Crippen LogP contribution in [0.4, 0.5) is 0 Å². The molecule has 2 rings (SSSR count). The van der Waals surface area contributed by atoms with Crippen molar-refractivity contribution in [2.45, 2.75) is 12.8 Å². The highest BCUT2D eigenvalue weighted by molar-refractivity contribution is 5.70. The van der Waals surface area contributed by atoms with Gasteiger partial charge in [-0.3, -0.25) is 4.79 Å². The molecule has 0 unspecified atom stereocenters. The number of ether oxygens (including phenoxy) is 3. The molecule has 0 amide bonds. The van der Waals surface area contributed by atoms with Gasteiger partial charge in [0.05, 0.1) is 19.8 Å². The summed E-state index contributed by atoms with van der Waals surface area (Å²) in [4.78, 5) is 10.0. The maximum Gasteiger partial charge on any atom is 0.305 e. The van der Waals surface area contributed by atoms with Gasteiger partial charge in [-0.25, -0.2) is 0 Å². The van der Waals surface area contributed by atoms with Crippen LogP contribution in [0.1, 0.15) is 12.8 Å². The average molecular weight is 160 g/mol. The van der Waals surface area contributed by atoms with E-state index >= 15 is 0 Å². The smallest absolute Gasteiger partial charge is 0.305 e. The van der Waals surface area contributed by atoms with Gasteiger partial charge in [0.25, 0.3) is 0 Å². The Hall–Kier alpha value is -0.610. The van der Waals surface area contributed by atoms with E-state index < -0.39 is 0 Å². The van der Waals surface area contributed by atoms with Gasteiger partial charge in [-0.05, 0) is 6.42 Å². The van der Waals surface area contributed by atoms with Crippen molar-refractivity contribution in [1.82, 2.24) is 0 Å². The second-order valence-corrected chi connectivity index (χ2v) is 2.26. The SMILES string of the molecule is C1COCO1.O=C1CCCO1. The molecule has 0 radical (unpaired) electrons. The van der Waals surface area contributed by atoms with Crippen LogP contribution in [0.15, 0.2) is 0 Å². The minimum absolute atomic E-state index is 0.0463. The fourth-order valence-electron chi connectivity index (χ4n) is 0.769. The molecule has 0 N–H and O–H groups in total. The summed E-state index contributed by atoms with van der Waals surface area (Å²) in [6.45, 7) is 2.69. The Morgan fingerprint density at radius 2 is 1.82 bits per heavy atom. The second-order valence-electron chi connectivity index (χ2n) is 2.26. The van der Waals surface area contributed by atoms with Crippen molar-refractivity contribution in [2.75, 3.05) is 26.6 Å². The molecule has 0 aromatic rings. The van der Waals surface area contributed by atoms with E-state index in [0.29, 0.717) is 19.8 Å². The van der Waals surface area contributed by atoms with Gasteiger partial charge >= 0.3 is 5.97 Å². The minimum atomic E-state index is -0.0463. The predicted octanol–water partition coefficient (Wildman–Crippen LogP) is 0.314.